The van der Waals surface area contributed by atoms with E-state index in [4.69, 9.17) is 23.2 Å². The largest absolute Gasteiger partial charge is 0.417 e. The number of carbonyl (C=O) groups excluding carboxylic acids is 2. The zero-order valence-electron chi connectivity index (χ0n) is 19.6. The van der Waals surface area contributed by atoms with Crippen LogP contribution in [0.4, 0.5) is 48.3 Å². The number of carbonyl (C=O) groups is 2. The Morgan fingerprint density at radius 2 is 1.48 bits per heavy atom. The predicted molar refractivity (Wildman–Crippen MR) is 121 cm³/mol. The maximum Gasteiger partial charge on any atom is 0.417 e. The van der Waals surface area contributed by atoms with E-state index in [2.05, 4.69) is 0 Å². The minimum Gasteiger partial charge on any atom is -0.336 e. The van der Waals surface area contributed by atoms with Crippen LogP contribution in [0.15, 0.2) is 36.4 Å². The van der Waals surface area contributed by atoms with Gasteiger partial charge in [0, 0.05) is 5.56 Å². The summed E-state index contributed by atoms with van der Waals surface area (Å²) in [4.78, 5) is 23.7. The molecule has 40 heavy (non-hydrogen) atoms. The number of alkyl halides is 9. The van der Waals surface area contributed by atoms with Crippen molar-refractivity contribution in [1.29, 1.82) is 0 Å². The molecular formula is C23H15Cl2F11N2O2. The van der Waals surface area contributed by atoms with Gasteiger partial charge < -0.3 is 10.6 Å². The molecule has 0 heterocycles. The Morgan fingerprint density at radius 1 is 0.925 bits per heavy atom. The molecule has 2 N–H and O–H groups in total. The summed E-state index contributed by atoms with van der Waals surface area (Å²) in [6.07, 6.45) is -19.1. The lowest BCUT2D eigenvalue weighted by molar-refractivity contribution is -0.154. The average Bonchev–Trinajstić information content (AvgIpc) is 2.77. The van der Waals surface area contributed by atoms with Crippen molar-refractivity contribution in [3.05, 3.63) is 74.5 Å². The molecule has 1 unspecified atom stereocenters. The standard InChI is InChI=1S/C23H15Cl2F11N2O2/c1-9(37-18(39)8-21(28,29)30)38-20(40)12-3-2-10(4-14(12)23(34,35)36)17(26)7-13(22(31,32)33)11-5-15(24)19(27)16(25)6-11/h2-7,9,13H,8H2,1H3,(H,37,39)(H,38,40)/b17-7-/t9-,13?/m1/s1. The molecule has 0 aromatic heterocycles. The Balaban J connectivity index is 2.44. The molecule has 2 atom stereocenters. The van der Waals surface area contributed by atoms with Gasteiger partial charge in [-0.25, -0.2) is 8.78 Å². The van der Waals surface area contributed by atoms with Gasteiger partial charge in [0.2, 0.25) is 5.91 Å². The van der Waals surface area contributed by atoms with Crippen molar-refractivity contribution in [1.82, 2.24) is 10.6 Å². The highest BCUT2D eigenvalue weighted by Gasteiger charge is 2.41. The average molecular weight is 631 g/mol. The lowest BCUT2D eigenvalue weighted by atomic mass is 9.95. The molecule has 0 aliphatic carbocycles. The van der Waals surface area contributed by atoms with Gasteiger partial charge in [0.15, 0.2) is 5.82 Å². The van der Waals surface area contributed by atoms with Crippen molar-refractivity contribution < 1.29 is 57.9 Å². The molecule has 0 fully saturated rings. The van der Waals surface area contributed by atoms with E-state index in [1.54, 1.807) is 5.32 Å². The molecule has 0 bridgehead atoms. The van der Waals surface area contributed by atoms with Crippen LogP contribution in [0, 0.1) is 5.82 Å². The number of halogens is 13. The van der Waals surface area contributed by atoms with Crippen molar-refractivity contribution in [3.63, 3.8) is 0 Å². The zero-order valence-corrected chi connectivity index (χ0v) is 21.1. The molecule has 17 heteroatoms. The third kappa shape index (κ3) is 8.98. The fourth-order valence-electron chi connectivity index (χ4n) is 3.29. The highest BCUT2D eigenvalue weighted by atomic mass is 35.5. The van der Waals surface area contributed by atoms with Gasteiger partial charge in [-0.1, -0.05) is 29.3 Å². The van der Waals surface area contributed by atoms with E-state index in [9.17, 15) is 57.9 Å². The van der Waals surface area contributed by atoms with E-state index < -0.39 is 92.8 Å². The first-order valence-electron chi connectivity index (χ1n) is 10.6. The zero-order chi connectivity index (χ0) is 30.8. The van der Waals surface area contributed by atoms with E-state index in [0.29, 0.717) is 24.3 Å². The maximum absolute atomic E-state index is 14.9. The summed E-state index contributed by atoms with van der Waals surface area (Å²) < 4.78 is 147. The summed E-state index contributed by atoms with van der Waals surface area (Å²) in [5.74, 6) is -9.05. The topological polar surface area (TPSA) is 58.2 Å². The van der Waals surface area contributed by atoms with Crippen LogP contribution in [0.25, 0.3) is 5.83 Å². The molecular weight excluding hydrogens is 616 g/mol. The highest BCUT2D eigenvalue weighted by Crippen LogP contribution is 2.41. The second-order valence-electron chi connectivity index (χ2n) is 8.15. The summed E-state index contributed by atoms with van der Waals surface area (Å²) in [5.41, 5.74) is -4.85. The monoisotopic (exact) mass is 630 g/mol. The molecule has 2 rings (SSSR count). The first-order chi connectivity index (χ1) is 18.1. The fraction of sp³-hybridized carbons (Fsp3) is 0.304. The van der Waals surface area contributed by atoms with Crippen LogP contribution in [0.3, 0.4) is 0 Å². The van der Waals surface area contributed by atoms with Crippen molar-refractivity contribution >= 4 is 40.8 Å². The van der Waals surface area contributed by atoms with Gasteiger partial charge in [0.1, 0.15) is 18.2 Å². The quantitative estimate of drug-likeness (QED) is 0.185. The van der Waals surface area contributed by atoms with E-state index >= 15 is 0 Å². The van der Waals surface area contributed by atoms with Gasteiger partial charge in [-0.15, -0.1) is 0 Å². The molecule has 0 aliphatic heterocycles. The van der Waals surface area contributed by atoms with Crippen LogP contribution < -0.4 is 10.6 Å². The van der Waals surface area contributed by atoms with Gasteiger partial charge in [-0.2, -0.15) is 39.5 Å². The molecule has 0 radical (unpaired) electrons. The first kappa shape index (κ1) is 33.1. The smallest absolute Gasteiger partial charge is 0.336 e. The van der Waals surface area contributed by atoms with Gasteiger partial charge >= 0.3 is 18.5 Å². The van der Waals surface area contributed by atoms with Crippen LogP contribution in [0.2, 0.25) is 10.0 Å². The number of nitrogens with one attached hydrogen (secondary N) is 2. The van der Waals surface area contributed by atoms with Crippen molar-refractivity contribution in [2.75, 3.05) is 0 Å². The highest BCUT2D eigenvalue weighted by molar-refractivity contribution is 6.35. The van der Waals surface area contributed by atoms with E-state index in [1.165, 1.54) is 0 Å². The molecule has 2 aromatic rings. The molecule has 2 aromatic carbocycles. The molecule has 2 amide bonds. The van der Waals surface area contributed by atoms with Gasteiger partial charge in [0.25, 0.3) is 5.91 Å². The Bertz CT molecular complexity index is 1280. The molecule has 0 saturated heterocycles. The van der Waals surface area contributed by atoms with Crippen molar-refractivity contribution in [3.8, 4) is 0 Å². The number of allylic oxidation sites excluding steroid dienone is 1. The number of amides is 2. The third-order valence-electron chi connectivity index (χ3n) is 4.96. The summed E-state index contributed by atoms with van der Waals surface area (Å²) in [5, 5.41) is 1.85. The molecule has 0 saturated carbocycles. The summed E-state index contributed by atoms with van der Waals surface area (Å²) in [7, 11) is 0. The summed E-state index contributed by atoms with van der Waals surface area (Å²) in [6, 6.07) is 2.01. The summed E-state index contributed by atoms with van der Waals surface area (Å²) >= 11 is 11.0. The van der Waals surface area contributed by atoms with Crippen LogP contribution >= 0.6 is 23.2 Å². The Labute approximate surface area is 228 Å². The first-order valence-corrected chi connectivity index (χ1v) is 11.3. The summed E-state index contributed by atoms with van der Waals surface area (Å²) in [6.45, 7) is 0.946. The second kappa shape index (κ2) is 12.2. The molecule has 4 nitrogen and oxygen atoms in total. The Kier molecular flexibility index (Phi) is 10.1. The van der Waals surface area contributed by atoms with Gasteiger partial charge in [0.05, 0.1) is 27.3 Å². The number of benzene rings is 2. The van der Waals surface area contributed by atoms with Crippen LogP contribution in [0.5, 0.6) is 0 Å². The molecule has 220 valence electrons. The van der Waals surface area contributed by atoms with E-state index in [-0.39, 0.29) is 12.1 Å². The van der Waals surface area contributed by atoms with E-state index in [0.717, 1.165) is 6.92 Å². The van der Waals surface area contributed by atoms with Crippen molar-refractivity contribution in [2.45, 2.75) is 44.0 Å². The minimum absolute atomic E-state index is 0.0334. The lowest BCUT2D eigenvalue weighted by Crippen LogP contribution is -2.47. The number of rotatable bonds is 7. The molecule has 0 spiro atoms. The van der Waals surface area contributed by atoms with Gasteiger partial charge in [-0.3, -0.25) is 9.59 Å². The molecule has 0 aliphatic rings. The SMILES string of the molecule is C[C@H](NC(=O)CC(F)(F)F)NC(=O)c1ccc(/C(F)=C/C(c2cc(Cl)c(F)c(Cl)c2)C(F)(F)F)cc1C(F)(F)F. The Morgan fingerprint density at radius 3 is 1.95 bits per heavy atom. The minimum atomic E-state index is -5.35. The number of hydrogen-bond acceptors (Lipinski definition) is 2. The van der Waals surface area contributed by atoms with Crippen molar-refractivity contribution in [2.24, 2.45) is 0 Å². The second-order valence-corrected chi connectivity index (χ2v) is 8.96. The van der Waals surface area contributed by atoms with E-state index in [1.807, 2.05) is 5.32 Å². The van der Waals surface area contributed by atoms with Gasteiger partial charge in [-0.05, 0) is 42.8 Å². The van der Waals surface area contributed by atoms with Crippen LogP contribution in [-0.2, 0) is 11.0 Å². The van der Waals surface area contributed by atoms with Crippen LogP contribution in [-0.4, -0.2) is 30.3 Å². The maximum atomic E-state index is 14.9. The Hall–Kier alpha value is -3.07. The fourth-order valence-corrected chi connectivity index (χ4v) is 3.79. The lowest BCUT2D eigenvalue weighted by Gasteiger charge is -2.20. The number of hydrogen-bond donors (Lipinski definition) is 2. The normalized spacial score (nSPS) is 14.5. The third-order valence-corrected chi connectivity index (χ3v) is 5.51. The van der Waals surface area contributed by atoms with Crippen LogP contribution in [0.1, 0.15) is 46.3 Å². The predicted octanol–water partition coefficient (Wildman–Crippen LogP) is 7.95.